The number of hydrogen-bond donors (Lipinski definition) is 1. The molecule has 0 saturated heterocycles. The van der Waals surface area contributed by atoms with Gasteiger partial charge in [0.25, 0.3) is 5.69 Å². The first-order valence-corrected chi connectivity index (χ1v) is 11.5. The lowest BCUT2D eigenvalue weighted by Gasteiger charge is -2.37. The van der Waals surface area contributed by atoms with Gasteiger partial charge < -0.3 is 10.1 Å². The Balaban J connectivity index is 1.79. The third-order valence-corrected chi connectivity index (χ3v) is 6.42. The smallest absolute Gasteiger partial charge is 0.337 e. The van der Waals surface area contributed by atoms with Gasteiger partial charge in [0.05, 0.1) is 16.6 Å². The molecule has 0 fully saturated rings. The number of ether oxygens (including phenoxy) is 1. The monoisotopic (exact) mass is 480 g/mol. The highest BCUT2D eigenvalue weighted by Gasteiger charge is 2.41. The van der Waals surface area contributed by atoms with Gasteiger partial charge in [-0.05, 0) is 56.4 Å². The van der Waals surface area contributed by atoms with Crippen molar-refractivity contribution in [2.75, 3.05) is 0 Å². The van der Waals surface area contributed by atoms with Crippen LogP contribution in [-0.2, 0) is 14.3 Å². The summed E-state index contributed by atoms with van der Waals surface area (Å²) >= 11 is 6.03. The number of esters is 1. The van der Waals surface area contributed by atoms with Gasteiger partial charge in [0, 0.05) is 46.5 Å². The van der Waals surface area contributed by atoms with Crippen molar-refractivity contribution < 1.29 is 19.2 Å². The molecule has 2 aromatic carbocycles. The van der Waals surface area contributed by atoms with Gasteiger partial charge in [-0.1, -0.05) is 35.9 Å². The average molecular weight is 481 g/mol. The number of Topliss-reactive ketones (excluding diaryl/α,β-unsaturated/α-hetero) is 1. The Bertz CT molecular complexity index is 1210. The first kappa shape index (κ1) is 23.7. The van der Waals surface area contributed by atoms with E-state index in [0.717, 1.165) is 11.3 Å². The van der Waals surface area contributed by atoms with Crippen LogP contribution in [0.4, 0.5) is 5.69 Å². The topological polar surface area (TPSA) is 98.5 Å². The molecule has 0 amide bonds. The van der Waals surface area contributed by atoms with Crippen molar-refractivity contribution in [3.05, 3.63) is 97.3 Å². The van der Waals surface area contributed by atoms with Crippen LogP contribution in [0.5, 0.6) is 0 Å². The molecule has 2 atom stereocenters. The molecule has 2 aliphatic rings. The molecule has 0 unspecified atom stereocenters. The van der Waals surface area contributed by atoms with Crippen molar-refractivity contribution in [3.8, 4) is 0 Å². The molecule has 0 saturated carbocycles. The Hall–Kier alpha value is -3.45. The molecule has 8 heteroatoms. The quantitative estimate of drug-likeness (QED) is 0.341. The van der Waals surface area contributed by atoms with Gasteiger partial charge in [-0.25, -0.2) is 4.79 Å². The van der Waals surface area contributed by atoms with E-state index in [4.69, 9.17) is 16.3 Å². The number of dihydropyridines is 1. The summed E-state index contributed by atoms with van der Waals surface area (Å²) in [5, 5.41) is 15.1. The third-order valence-electron chi connectivity index (χ3n) is 6.17. The lowest BCUT2D eigenvalue weighted by atomic mass is 9.71. The minimum Gasteiger partial charge on any atom is -0.460 e. The largest absolute Gasteiger partial charge is 0.460 e. The van der Waals surface area contributed by atoms with Gasteiger partial charge in [-0.2, -0.15) is 0 Å². The molecular formula is C26H25ClN2O5. The fraction of sp³-hybridized carbons (Fsp3) is 0.308. The lowest BCUT2D eigenvalue weighted by Crippen LogP contribution is -2.36. The Labute approximate surface area is 202 Å². The molecule has 0 spiro atoms. The van der Waals surface area contributed by atoms with E-state index < -0.39 is 16.8 Å². The van der Waals surface area contributed by atoms with Crippen LogP contribution in [0.1, 0.15) is 56.6 Å². The van der Waals surface area contributed by atoms with Crippen LogP contribution in [0.15, 0.2) is 71.1 Å². The number of carbonyl (C=O) groups excluding carboxylic acids is 2. The molecule has 0 bridgehead atoms. The molecule has 1 heterocycles. The standard InChI is InChI=1S/C26H25ClN2O5/c1-14(2)34-26(31)23-15(3)28-21-12-18(16-4-8-19(27)9-5-16)13-22(30)25(21)24(23)17-6-10-20(11-7-17)29(32)33/h4-11,14,18,24,28H,12-13H2,1-3H3/t18-,24-/m0/s1. The second kappa shape index (κ2) is 9.43. The number of carbonyl (C=O) groups is 2. The van der Waals surface area contributed by atoms with E-state index in [-0.39, 0.29) is 29.9 Å². The molecule has 7 nitrogen and oxygen atoms in total. The number of halogens is 1. The zero-order valence-corrected chi connectivity index (χ0v) is 19.9. The maximum atomic E-state index is 13.5. The highest BCUT2D eigenvalue weighted by atomic mass is 35.5. The van der Waals surface area contributed by atoms with E-state index in [2.05, 4.69) is 5.32 Å². The summed E-state index contributed by atoms with van der Waals surface area (Å²) < 4.78 is 5.50. The number of allylic oxidation sites excluding steroid dienone is 3. The Morgan fingerprint density at radius 1 is 1.09 bits per heavy atom. The fourth-order valence-corrected chi connectivity index (χ4v) is 4.81. The highest BCUT2D eigenvalue weighted by Crippen LogP contribution is 2.46. The number of nitrogens with one attached hydrogen (secondary N) is 1. The molecule has 2 aromatic rings. The first-order valence-electron chi connectivity index (χ1n) is 11.1. The molecule has 1 N–H and O–H groups in total. The minimum atomic E-state index is -0.665. The van der Waals surface area contributed by atoms with Gasteiger partial charge in [-0.3, -0.25) is 14.9 Å². The Morgan fingerprint density at radius 3 is 2.29 bits per heavy atom. The van der Waals surface area contributed by atoms with Crippen LogP contribution in [-0.4, -0.2) is 22.8 Å². The van der Waals surface area contributed by atoms with Gasteiger partial charge in [0.15, 0.2) is 5.78 Å². The van der Waals surface area contributed by atoms with Gasteiger partial charge in [0.1, 0.15) is 0 Å². The number of rotatable bonds is 5. The van der Waals surface area contributed by atoms with E-state index in [0.29, 0.717) is 33.9 Å². The van der Waals surface area contributed by atoms with E-state index >= 15 is 0 Å². The SMILES string of the molecule is CC1=C(C(=O)OC(C)C)[C@H](c2ccc([N+](=O)[O-])cc2)C2=C(C[C@H](c3ccc(Cl)cc3)CC2=O)N1. The van der Waals surface area contributed by atoms with Crippen LogP contribution < -0.4 is 5.32 Å². The van der Waals surface area contributed by atoms with E-state index in [1.54, 1.807) is 32.9 Å². The summed E-state index contributed by atoms with van der Waals surface area (Å²) in [5.41, 5.74) is 3.82. The minimum absolute atomic E-state index is 0.0227. The van der Waals surface area contributed by atoms with Gasteiger partial charge in [-0.15, -0.1) is 0 Å². The van der Waals surface area contributed by atoms with Crippen LogP contribution in [0.25, 0.3) is 0 Å². The van der Waals surface area contributed by atoms with Gasteiger partial charge >= 0.3 is 5.97 Å². The van der Waals surface area contributed by atoms with Crippen molar-refractivity contribution in [2.45, 2.75) is 51.6 Å². The third kappa shape index (κ3) is 4.61. The highest BCUT2D eigenvalue weighted by molar-refractivity contribution is 6.30. The zero-order valence-electron chi connectivity index (χ0n) is 19.1. The molecule has 1 aliphatic carbocycles. The Kier molecular flexibility index (Phi) is 6.57. The summed E-state index contributed by atoms with van der Waals surface area (Å²) in [7, 11) is 0. The summed E-state index contributed by atoms with van der Waals surface area (Å²) in [6.45, 7) is 5.31. The van der Waals surface area contributed by atoms with Crippen molar-refractivity contribution >= 4 is 29.0 Å². The van der Waals surface area contributed by atoms with Crippen molar-refractivity contribution in [3.63, 3.8) is 0 Å². The Morgan fingerprint density at radius 2 is 1.71 bits per heavy atom. The van der Waals surface area contributed by atoms with E-state index in [9.17, 15) is 19.7 Å². The van der Waals surface area contributed by atoms with Crippen LogP contribution in [0.3, 0.4) is 0 Å². The average Bonchev–Trinajstić information content (AvgIpc) is 2.78. The summed E-state index contributed by atoms with van der Waals surface area (Å²) in [5.74, 6) is -1.27. The molecule has 0 radical (unpaired) electrons. The maximum Gasteiger partial charge on any atom is 0.337 e. The van der Waals surface area contributed by atoms with Crippen LogP contribution >= 0.6 is 11.6 Å². The number of non-ortho nitro benzene ring substituents is 1. The molecule has 176 valence electrons. The molecule has 4 rings (SSSR count). The van der Waals surface area contributed by atoms with Crippen LogP contribution in [0.2, 0.25) is 5.02 Å². The number of nitro groups is 1. The van der Waals surface area contributed by atoms with Crippen molar-refractivity contribution in [1.82, 2.24) is 5.32 Å². The number of nitrogens with zero attached hydrogens (tertiary/aromatic N) is 1. The fourth-order valence-electron chi connectivity index (χ4n) is 4.68. The first-order chi connectivity index (χ1) is 16.2. The van der Waals surface area contributed by atoms with Crippen molar-refractivity contribution in [2.24, 2.45) is 0 Å². The summed E-state index contributed by atoms with van der Waals surface area (Å²) in [6, 6.07) is 13.5. The molecule has 1 aliphatic heterocycles. The normalized spacial score (nSPS) is 20.2. The summed E-state index contributed by atoms with van der Waals surface area (Å²) in [6.07, 6.45) is 0.546. The van der Waals surface area contributed by atoms with E-state index in [1.807, 2.05) is 24.3 Å². The molecular weight excluding hydrogens is 456 g/mol. The number of hydrogen-bond acceptors (Lipinski definition) is 6. The van der Waals surface area contributed by atoms with Crippen molar-refractivity contribution in [1.29, 1.82) is 0 Å². The predicted molar refractivity (Wildman–Crippen MR) is 128 cm³/mol. The maximum absolute atomic E-state index is 13.5. The number of nitro benzene ring substituents is 1. The molecule has 34 heavy (non-hydrogen) atoms. The second-order valence-electron chi connectivity index (χ2n) is 8.87. The van der Waals surface area contributed by atoms with E-state index in [1.165, 1.54) is 12.1 Å². The molecule has 0 aromatic heterocycles. The number of benzene rings is 2. The van der Waals surface area contributed by atoms with Crippen LogP contribution in [0, 0.1) is 10.1 Å². The summed E-state index contributed by atoms with van der Waals surface area (Å²) in [4.78, 5) is 37.3. The lowest BCUT2D eigenvalue weighted by molar-refractivity contribution is -0.384. The predicted octanol–water partition coefficient (Wildman–Crippen LogP) is 5.56. The van der Waals surface area contributed by atoms with Gasteiger partial charge in [0.2, 0.25) is 0 Å². The second-order valence-corrected chi connectivity index (χ2v) is 9.31. The zero-order chi connectivity index (χ0) is 24.6. The number of ketones is 1.